The molecule has 6 aromatic rings. The molecule has 0 N–H and O–H groups in total. The third-order valence-corrected chi connectivity index (χ3v) is 7.18. The Morgan fingerprint density at radius 2 is 1.75 bits per heavy atom. The van der Waals surface area contributed by atoms with Crippen LogP contribution in [0.4, 0.5) is 0 Å². The maximum absolute atomic E-state index is 10.2. The van der Waals surface area contributed by atoms with Gasteiger partial charge in [-0.05, 0) is 60.4 Å². The highest BCUT2D eigenvalue weighted by Gasteiger charge is 2.27. The minimum atomic E-state index is 0.589. The van der Waals surface area contributed by atoms with Crippen LogP contribution in [0, 0.1) is 31.1 Å². The zero-order valence-corrected chi connectivity index (χ0v) is 19.2. The first-order chi connectivity index (χ1) is 15.4. The molecule has 0 aliphatic heterocycles. The molecule has 0 bridgehead atoms. The van der Waals surface area contributed by atoms with Crippen molar-refractivity contribution in [2.45, 2.75) is 34.1 Å². The van der Waals surface area contributed by atoms with E-state index in [4.69, 9.17) is 0 Å². The zero-order valence-electron chi connectivity index (χ0n) is 19.2. The summed E-state index contributed by atoms with van der Waals surface area (Å²) in [6.45, 7) is 8.81. The quantitative estimate of drug-likeness (QED) is 0.180. The van der Waals surface area contributed by atoms with Gasteiger partial charge >= 0.3 is 0 Å². The Bertz CT molecular complexity index is 1760. The summed E-state index contributed by atoms with van der Waals surface area (Å²) in [6, 6.07) is 18.1. The molecule has 6 rings (SSSR count). The van der Waals surface area contributed by atoms with Crippen molar-refractivity contribution in [3.63, 3.8) is 0 Å². The maximum atomic E-state index is 10.2. The lowest BCUT2D eigenvalue weighted by atomic mass is 9.91. The molecule has 0 amide bonds. The van der Waals surface area contributed by atoms with E-state index in [1.807, 2.05) is 0 Å². The number of para-hydroxylation sites is 1. The molecule has 0 fully saturated rings. The fourth-order valence-electron chi connectivity index (χ4n) is 5.76. The molecule has 32 heavy (non-hydrogen) atoms. The highest BCUT2D eigenvalue weighted by Crippen LogP contribution is 2.43. The second-order valence-electron chi connectivity index (χ2n) is 9.64. The fourth-order valence-corrected chi connectivity index (χ4v) is 5.76. The van der Waals surface area contributed by atoms with Gasteiger partial charge in [-0.15, -0.1) is 0 Å². The normalized spacial score (nSPS) is 12.3. The van der Waals surface area contributed by atoms with Crippen molar-refractivity contribution in [3.8, 4) is 6.07 Å². The zero-order chi connectivity index (χ0) is 22.3. The fraction of sp³-hybridized carbons (Fsp3) is 0.241. The third kappa shape index (κ3) is 2.27. The highest BCUT2D eigenvalue weighted by molar-refractivity contribution is 6.27. The van der Waals surface area contributed by atoms with Crippen molar-refractivity contribution in [1.29, 1.82) is 5.26 Å². The van der Waals surface area contributed by atoms with E-state index in [0.29, 0.717) is 5.92 Å². The molecule has 0 aliphatic carbocycles. The van der Waals surface area contributed by atoms with Gasteiger partial charge in [-0.3, -0.25) is 0 Å². The van der Waals surface area contributed by atoms with E-state index in [9.17, 15) is 5.26 Å². The van der Waals surface area contributed by atoms with E-state index >= 15 is 0 Å². The number of hydrogen-bond donors (Lipinski definition) is 0. The minimum Gasteiger partial charge on any atom is -0.307 e. The molecule has 3 nitrogen and oxygen atoms in total. The van der Waals surface area contributed by atoms with Crippen LogP contribution in [0.3, 0.4) is 0 Å². The topological polar surface area (TPSA) is 32.1 Å². The van der Waals surface area contributed by atoms with Crippen molar-refractivity contribution >= 4 is 49.0 Å². The summed E-state index contributed by atoms with van der Waals surface area (Å²) in [5, 5.41) is 16.2. The molecule has 3 aromatic carbocycles. The molecule has 3 heteroatoms. The molecule has 0 saturated heterocycles. The summed E-state index contributed by atoms with van der Waals surface area (Å²) in [7, 11) is 2.14. The van der Waals surface area contributed by atoms with Gasteiger partial charge in [0.05, 0.1) is 32.9 Å². The minimum absolute atomic E-state index is 0.589. The van der Waals surface area contributed by atoms with Crippen LogP contribution < -0.4 is 4.57 Å². The van der Waals surface area contributed by atoms with E-state index < -0.39 is 0 Å². The molecule has 3 heterocycles. The number of benzene rings is 3. The first kappa shape index (κ1) is 19.1. The Hall–Kier alpha value is -3.64. The average molecular weight is 417 g/mol. The van der Waals surface area contributed by atoms with Gasteiger partial charge in [0.15, 0.2) is 6.20 Å². The molecule has 3 aromatic heterocycles. The van der Waals surface area contributed by atoms with Crippen LogP contribution in [-0.2, 0) is 13.5 Å². The Kier molecular flexibility index (Phi) is 3.84. The lowest BCUT2D eigenvalue weighted by Crippen LogP contribution is -2.29. The van der Waals surface area contributed by atoms with Crippen LogP contribution >= 0.6 is 0 Å². The third-order valence-electron chi connectivity index (χ3n) is 7.18. The van der Waals surface area contributed by atoms with Crippen molar-refractivity contribution in [2.24, 2.45) is 13.0 Å². The van der Waals surface area contributed by atoms with Crippen LogP contribution in [0.15, 0.2) is 48.7 Å². The van der Waals surface area contributed by atoms with E-state index in [2.05, 4.69) is 98.4 Å². The Balaban J connectivity index is 2.05. The van der Waals surface area contributed by atoms with Crippen LogP contribution in [0.5, 0.6) is 0 Å². The highest BCUT2D eigenvalue weighted by atomic mass is 15.0. The number of pyridine rings is 2. The molecule has 0 radical (unpaired) electrons. The van der Waals surface area contributed by atoms with Crippen molar-refractivity contribution in [2.75, 3.05) is 0 Å². The summed E-state index contributed by atoms with van der Waals surface area (Å²) in [6.07, 6.45) is 3.22. The van der Waals surface area contributed by atoms with Gasteiger partial charge in [-0.2, -0.15) is 5.26 Å². The Labute approximate surface area is 187 Å². The van der Waals surface area contributed by atoms with Gasteiger partial charge in [0.2, 0.25) is 5.52 Å². The molecule has 0 unspecified atom stereocenters. The van der Waals surface area contributed by atoms with Crippen LogP contribution in [0.25, 0.3) is 49.0 Å². The van der Waals surface area contributed by atoms with E-state index in [0.717, 1.165) is 28.3 Å². The number of fused-ring (bicyclic) bond motifs is 5. The van der Waals surface area contributed by atoms with Gasteiger partial charge in [0.25, 0.3) is 0 Å². The first-order valence-corrected chi connectivity index (χ1v) is 11.3. The molecular weight excluding hydrogens is 390 g/mol. The molecule has 0 aliphatic rings. The second kappa shape index (κ2) is 6.43. The maximum Gasteiger partial charge on any atom is 0.224 e. The predicted molar refractivity (Wildman–Crippen MR) is 133 cm³/mol. The van der Waals surface area contributed by atoms with Gasteiger partial charge < -0.3 is 4.40 Å². The van der Waals surface area contributed by atoms with Crippen molar-refractivity contribution < 1.29 is 4.57 Å². The van der Waals surface area contributed by atoms with Gasteiger partial charge in [-0.1, -0.05) is 38.1 Å². The van der Waals surface area contributed by atoms with Gasteiger partial charge in [0.1, 0.15) is 13.1 Å². The van der Waals surface area contributed by atoms with E-state index in [-0.39, 0.29) is 0 Å². The summed E-state index contributed by atoms with van der Waals surface area (Å²) in [5.41, 5.74) is 9.25. The van der Waals surface area contributed by atoms with E-state index in [1.54, 1.807) is 0 Å². The smallest absolute Gasteiger partial charge is 0.224 e. The lowest BCUT2D eigenvalue weighted by molar-refractivity contribution is -0.643. The molecule has 0 spiro atoms. The van der Waals surface area contributed by atoms with Gasteiger partial charge in [0, 0.05) is 16.8 Å². The number of nitrogens with zero attached hydrogens (tertiary/aromatic N) is 3. The number of aryl methyl sites for hydroxylation is 2. The molecule has 0 saturated carbocycles. The van der Waals surface area contributed by atoms with Gasteiger partial charge in [-0.25, -0.2) is 4.57 Å². The molecular formula is C29H26N3+. The van der Waals surface area contributed by atoms with Crippen molar-refractivity contribution in [1.82, 2.24) is 4.40 Å². The molecule has 0 atom stereocenters. The summed E-state index contributed by atoms with van der Waals surface area (Å²) in [4.78, 5) is 0. The number of hydrogen-bond acceptors (Lipinski definition) is 1. The number of rotatable bonds is 2. The van der Waals surface area contributed by atoms with E-state index in [1.165, 1.54) is 49.4 Å². The summed E-state index contributed by atoms with van der Waals surface area (Å²) >= 11 is 0. The average Bonchev–Trinajstić information content (AvgIpc) is 3.10. The van der Waals surface area contributed by atoms with Crippen molar-refractivity contribution in [3.05, 3.63) is 70.9 Å². The Morgan fingerprint density at radius 3 is 2.50 bits per heavy atom. The number of aromatic nitrogens is 2. The standard InChI is InChI=1S/C29H26N3/c1-16(2)12-19-13-20-10-11-31(5)28-25-18(4)17(3)22(15-30)27-21-8-6-7-9-23(21)32(29(25)27)24(14-19)26(20)28/h6-11,13-14,16H,12H2,1-5H3/q+1. The largest absolute Gasteiger partial charge is 0.307 e. The SMILES string of the molecule is Cc1c(C#N)c2c3ccccc3n3c4cc(CC(C)C)cc5cc[n+](C)c(c(c1C)c23)c54. The summed E-state index contributed by atoms with van der Waals surface area (Å²) in [5.74, 6) is 0.589. The second-order valence-corrected chi connectivity index (χ2v) is 9.64. The predicted octanol–water partition coefficient (Wildman–Crippen LogP) is 6.50. The van der Waals surface area contributed by atoms with Crippen LogP contribution in [-0.4, -0.2) is 4.40 Å². The summed E-state index contributed by atoms with van der Waals surface area (Å²) < 4.78 is 4.68. The lowest BCUT2D eigenvalue weighted by Gasteiger charge is -2.16. The first-order valence-electron chi connectivity index (χ1n) is 11.3. The Morgan fingerprint density at radius 1 is 0.969 bits per heavy atom. The number of nitriles is 1. The monoisotopic (exact) mass is 416 g/mol. The van der Waals surface area contributed by atoms with Crippen LogP contribution in [0.1, 0.15) is 36.1 Å². The molecule has 156 valence electrons. The van der Waals surface area contributed by atoms with Crippen LogP contribution in [0.2, 0.25) is 0 Å².